The number of nitrogens with one attached hydrogen (secondary N) is 2. The van der Waals surface area contributed by atoms with Crippen molar-refractivity contribution in [1.82, 2.24) is 10.2 Å². The first-order chi connectivity index (χ1) is 13.7. The van der Waals surface area contributed by atoms with E-state index in [0.29, 0.717) is 29.1 Å². The van der Waals surface area contributed by atoms with Crippen LogP contribution in [0, 0.1) is 0 Å². The molecule has 1 saturated heterocycles. The number of nitrogens with zero attached hydrogens (tertiary/aromatic N) is 1. The van der Waals surface area contributed by atoms with Gasteiger partial charge in [0.2, 0.25) is 0 Å². The molecule has 1 fully saturated rings. The molecule has 1 aliphatic heterocycles. The lowest BCUT2D eigenvalue weighted by atomic mass is 10.1. The van der Waals surface area contributed by atoms with Gasteiger partial charge in [0.25, 0.3) is 11.8 Å². The maximum absolute atomic E-state index is 12.6. The largest absolute Gasteiger partial charge is 0.496 e. The van der Waals surface area contributed by atoms with E-state index in [1.165, 1.54) is 7.11 Å². The van der Waals surface area contributed by atoms with E-state index < -0.39 is 0 Å². The molecular weight excluding hydrogens is 358 g/mol. The number of benzene rings is 2. The molecule has 28 heavy (non-hydrogen) atoms. The van der Waals surface area contributed by atoms with Crippen LogP contribution in [0.4, 0.5) is 5.69 Å². The van der Waals surface area contributed by atoms with Gasteiger partial charge in [-0.15, -0.1) is 0 Å². The van der Waals surface area contributed by atoms with Gasteiger partial charge >= 0.3 is 0 Å². The predicted octanol–water partition coefficient (Wildman–Crippen LogP) is 2.01. The minimum atomic E-state index is -0.328. The van der Waals surface area contributed by atoms with Gasteiger partial charge in [-0.2, -0.15) is 0 Å². The first-order valence-corrected chi connectivity index (χ1v) is 9.30. The van der Waals surface area contributed by atoms with Crippen molar-refractivity contribution in [3.63, 3.8) is 0 Å². The van der Waals surface area contributed by atoms with Gasteiger partial charge in [-0.3, -0.25) is 14.5 Å². The average Bonchev–Trinajstić information content (AvgIpc) is 2.74. The Morgan fingerprint density at radius 3 is 2.43 bits per heavy atom. The van der Waals surface area contributed by atoms with E-state index in [2.05, 4.69) is 15.5 Å². The first-order valence-electron chi connectivity index (χ1n) is 9.30. The van der Waals surface area contributed by atoms with Crippen LogP contribution in [-0.2, 0) is 4.74 Å². The molecule has 148 valence electrons. The van der Waals surface area contributed by atoms with Gasteiger partial charge in [0.05, 0.1) is 37.1 Å². The van der Waals surface area contributed by atoms with E-state index in [4.69, 9.17) is 9.47 Å². The molecule has 0 unspecified atom stereocenters. The number of anilines is 1. The first kappa shape index (κ1) is 19.9. The number of amides is 2. The Hall–Kier alpha value is -2.90. The number of carbonyl (C=O) groups excluding carboxylic acids is 2. The molecule has 7 nitrogen and oxygen atoms in total. The summed E-state index contributed by atoms with van der Waals surface area (Å²) in [6, 6.07) is 13.9. The Balaban J connectivity index is 1.63. The number of carbonyl (C=O) groups is 2. The summed E-state index contributed by atoms with van der Waals surface area (Å²) in [6.45, 7) is 4.51. The average molecular weight is 383 g/mol. The topological polar surface area (TPSA) is 79.9 Å². The SMILES string of the molecule is COc1ccccc1C(=O)Nc1ccccc1C(=O)NCCN1CCOCC1. The fourth-order valence-electron chi connectivity index (χ4n) is 3.06. The molecular formula is C21H25N3O4. The number of rotatable bonds is 7. The Morgan fingerprint density at radius 2 is 1.68 bits per heavy atom. The molecule has 2 aromatic carbocycles. The van der Waals surface area contributed by atoms with Crippen molar-refractivity contribution in [1.29, 1.82) is 0 Å². The van der Waals surface area contributed by atoms with Gasteiger partial charge in [-0.1, -0.05) is 24.3 Å². The molecule has 1 heterocycles. The van der Waals surface area contributed by atoms with Crippen LogP contribution in [0.2, 0.25) is 0 Å². The molecule has 2 amide bonds. The number of para-hydroxylation sites is 2. The third-order valence-corrected chi connectivity index (χ3v) is 4.59. The molecule has 7 heteroatoms. The van der Waals surface area contributed by atoms with Crippen LogP contribution in [0.3, 0.4) is 0 Å². The summed E-state index contributed by atoms with van der Waals surface area (Å²) in [5, 5.41) is 5.74. The van der Waals surface area contributed by atoms with Crippen molar-refractivity contribution >= 4 is 17.5 Å². The van der Waals surface area contributed by atoms with Crippen molar-refractivity contribution in [2.75, 3.05) is 51.8 Å². The quantitative estimate of drug-likeness (QED) is 0.765. The van der Waals surface area contributed by atoms with E-state index in [1.807, 2.05) is 0 Å². The maximum Gasteiger partial charge on any atom is 0.259 e. The number of morpholine rings is 1. The Labute approximate surface area is 164 Å². The highest BCUT2D eigenvalue weighted by atomic mass is 16.5. The maximum atomic E-state index is 12.6. The van der Waals surface area contributed by atoms with E-state index in [-0.39, 0.29) is 11.8 Å². The summed E-state index contributed by atoms with van der Waals surface area (Å²) in [5.41, 5.74) is 1.29. The fourth-order valence-corrected chi connectivity index (χ4v) is 3.06. The molecule has 0 aromatic heterocycles. The normalized spacial score (nSPS) is 14.3. The smallest absolute Gasteiger partial charge is 0.259 e. The predicted molar refractivity (Wildman–Crippen MR) is 107 cm³/mol. The van der Waals surface area contributed by atoms with Gasteiger partial charge in [-0.25, -0.2) is 0 Å². The fraction of sp³-hybridized carbons (Fsp3) is 0.333. The van der Waals surface area contributed by atoms with Gasteiger partial charge in [0.1, 0.15) is 5.75 Å². The molecule has 0 atom stereocenters. The van der Waals surface area contributed by atoms with Crippen LogP contribution >= 0.6 is 0 Å². The molecule has 0 radical (unpaired) electrons. The molecule has 2 N–H and O–H groups in total. The number of hydrogen-bond acceptors (Lipinski definition) is 5. The van der Waals surface area contributed by atoms with Gasteiger partial charge in [0.15, 0.2) is 0 Å². The summed E-state index contributed by atoms with van der Waals surface area (Å²) in [4.78, 5) is 27.5. The highest BCUT2D eigenvalue weighted by Crippen LogP contribution is 2.21. The summed E-state index contributed by atoms with van der Waals surface area (Å²) < 4.78 is 10.6. The summed E-state index contributed by atoms with van der Waals surface area (Å²) >= 11 is 0. The lowest BCUT2D eigenvalue weighted by Crippen LogP contribution is -2.41. The van der Waals surface area contributed by atoms with Gasteiger partial charge < -0.3 is 20.1 Å². The monoisotopic (exact) mass is 383 g/mol. The second-order valence-electron chi connectivity index (χ2n) is 6.41. The molecule has 1 aliphatic rings. The van der Waals surface area contributed by atoms with Crippen LogP contribution < -0.4 is 15.4 Å². The third kappa shape index (κ3) is 5.09. The van der Waals surface area contributed by atoms with E-state index in [9.17, 15) is 9.59 Å². The summed E-state index contributed by atoms with van der Waals surface area (Å²) in [6.07, 6.45) is 0. The molecule has 0 aliphatic carbocycles. The summed E-state index contributed by atoms with van der Waals surface area (Å²) in [5.74, 6) is -0.0670. The molecule has 3 rings (SSSR count). The highest BCUT2D eigenvalue weighted by molar-refractivity contribution is 6.10. The number of hydrogen-bond donors (Lipinski definition) is 2. The molecule has 0 saturated carbocycles. The zero-order valence-corrected chi connectivity index (χ0v) is 15.9. The second kappa shape index (κ2) is 9.87. The van der Waals surface area contributed by atoms with Crippen LogP contribution in [0.5, 0.6) is 5.75 Å². The number of methoxy groups -OCH3 is 1. The van der Waals surface area contributed by atoms with Crippen molar-refractivity contribution in [2.45, 2.75) is 0 Å². The Morgan fingerprint density at radius 1 is 1.00 bits per heavy atom. The molecule has 2 aromatic rings. The van der Waals surface area contributed by atoms with Crippen molar-refractivity contribution in [2.24, 2.45) is 0 Å². The van der Waals surface area contributed by atoms with Crippen molar-refractivity contribution in [3.8, 4) is 5.75 Å². The van der Waals surface area contributed by atoms with Crippen LogP contribution in [0.15, 0.2) is 48.5 Å². The van der Waals surface area contributed by atoms with Crippen LogP contribution in [0.25, 0.3) is 0 Å². The second-order valence-corrected chi connectivity index (χ2v) is 6.41. The zero-order valence-electron chi connectivity index (χ0n) is 15.9. The minimum Gasteiger partial charge on any atom is -0.496 e. The summed E-state index contributed by atoms with van der Waals surface area (Å²) in [7, 11) is 1.52. The zero-order chi connectivity index (χ0) is 19.8. The third-order valence-electron chi connectivity index (χ3n) is 4.59. The minimum absolute atomic E-state index is 0.218. The molecule has 0 bridgehead atoms. The van der Waals surface area contributed by atoms with Crippen molar-refractivity contribution in [3.05, 3.63) is 59.7 Å². The van der Waals surface area contributed by atoms with Gasteiger partial charge in [0, 0.05) is 26.2 Å². The Bertz CT molecular complexity index is 819. The number of ether oxygens (including phenoxy) is 2. The van der Waals surface area contributed by atoms with Crippen molar-refractivity contribution < 1.29 is 19.1 Å². The van der Waals surface area contributed by atoms with Crippen LogP contribution in [0.1, 0.15) is 20.7 Å². The lowest BCUT2D eigenvalue weighted by Gasteiger charge is -2.26. The molecule has 0 spiro atoms. The highest BCUT2D eigenvalue weighted by Gasteiger charge is 2.17. The lowest BCUT2D eigenvalue weighted by molar-refractivity contribution is 0.0383. The van der Waals surface area contributed by atoms with Crippen LogP contribution in [-0.4, -0.2) is 63.2 Å². The Kier molecular flexibility index (Phi) is 7.00. The van der Waals surface area contributed by atoms with E-state index in [0.717, 1.165) is 32.8 Å². The van der Waals surface area contributed by atoms with Gasteiger partial charge in [-0.05, 0) is 24.3 Å². The standard InChI is InChI=1S/C21H25N3O4/c1-27-19-9-5-3-7-17(19)21(26)23-18-8-4-2-6-16(18)20(25)22-10-11-24-12-14-28-15-13-24/h2-9H,10-15H2,1H3,(H,22,25)(H,23,26). The van der Waals surface area contributed by atoms with E-state index >= 15 is 0 Å². The van der Waals surface area contributed by atoms with E-state index in [1.54, 1.807) is 48.5 Å².